The van der Waals surface area contributed by atoms with Crippen LogP contribution in [0.2, 0.25) is 0 Å². The van der Waals surface area contributed by atoms with Gasteiger partial charge in [0, 0.05) is 42.9 Å². The minimum atomic E-state index is -0.611. The van der Waals surface area contributed by atoms with Gasteiger partial charge in [-0.15, -0.1) is 0 Å². The standard InChI is InChI=1S/C23H27FN8O/c1-12-17-8-15(24)5-6-16(17)21(25)18(32-28-2)9-19(31-27)22(29-10-13-3-4-13)14-7-20(33-12)23(26)30-11-14/h5-8,11-13,25,28H,3-4,9-10,27H2,1-2H3,(H2,26,30)/b25-21?,29-22?,31-19?,32-18-. The quantitative estimate of drug-likeness (QED) is 0.419. The summed E-state index contributed by atoms with van der Waals surface area (Å²) >= 11 is 0. The highest BCUT2D eigenvalue weighted by Crippen LogP contribution is 2.32. The van der Waals surface area contributed by atoms with Crippen LogP contribution in [0.4, 0.5) is 10.2 Å². The van der Waals surface area contributed by atoms with Gasteiger partial charge in [0.1, 0.15) is 11.9 Å². The summed E-state index contributed by atoms with van der Waals surface area (Å²) in [6, 6.07) is 5.95. The Morgan fingerprint density at radius 1 is 1.27 bits per heavy atom. The van der Waals surface area contributed by atoms with E-state index in [-0.39, 0.29) is 18.0 Å². The van der Waals surface area contributed by atoms with Gasteiger partial charge in [0.2, 0.25) is 0 Å². The molecule has 1 aromatic carbocycles. The van der Waals surface area contributed by atoms with Crippen molar-refractivity contribution < 1.29 is 9.13 Å². The molecule has 1 aromatic heterocycles. The maximum atomic E-state index is 14.2. The van der Waals surface area contributed by atoms with E-state index in [9.17, 15) is 4.39 Å². The van der Waals surface area contributed by atoms with Crippen molar-refractivity contribution in [3.8, 4) is 5.75 Å². The number of nitrogens with one attached hydrogen (secondary N) is 2. The molecule has 1 aliphatic carbocycles. The Kier molecular flexibility index (Phi) is 6.34. The maximum Gasteiger partial charge on any atom is 0.166 e. The number of fused-ring (bicyclic) bond motifs is 3. The first-order chi connectivity index (χ1) is 15.9. The van der Waals surface area contributed by atoms with Gasteiger partial charge in [-0.1, -0.05) is 0 Å². The molecule has 2 heterocycles. The number of nitrogen functional groups attached to an aromatic ring is 1. The lowest BCUT2D eigenvalue weighted by molar-refractivity contribution is 0.227. The molecule has 1 saturated carbocycles. The molecule has 10 heteroatoms. The second-order valence-electron chi connectivity index (χ2n) is 8.14. The van der Waals surface area contributed by atoms with Gasteiger partial charge in [0.05, 0.1) is 22.8 Å². The van der Waals surface area contributed by atoms with Crippen LogP contribution in [-0.4, -0.2) is 41.4 Å². The second kappa shape index (κ2) is 9.35. The molecule has 0 amide bonds. The second-order valence-corrected chi connectivity index (χ2v) is 8.14. The van der Waals surface area contributed by atoms with Gasteiger partial charge in [0.15, 0.2) is 11.6 Å². The van der Waals surface area contributed by atoms with Crippen LogP contribution in [0.3, 0.4) is 0 Å². The van der Waals surface area contributed by atoms with Gasteiger partial charge in [0.25, 0.3) is 0 Å². The van der Waals surface area contributed by atoms with Crippen molar-refractivity contribution >= 4 is 28.7 Å². The SMILES string of the molecule is CN/N=C1/CC(=NN)C(=NCC2CC2)c2cnc(N)c(c2)OC(C)c2cc(F)ccc2C1=N. The molecule has 2 bridgehead atoms. The van der Waals surface area contributed by atoms with E-state index in [1.165, 1.54) is 12.1 Å². The molecule has 1 atom stereocenters. The summed E-state index contributed by atoms with van der Waals surface area (Å²) in [5, 5.41) is 17.2. The summed E-state index contributed by atoms with van der Waals surface area (Å²) in [4.78, 5) is 9.08. The van der Waals surface area contributed by atoms with E-state index in [2.05, 4.69) is 20.6 Å². The van der Waals surface area contributed by atoms with Crippen molar-refractivity contribution in [3.05, 3.63) is 53.0 Å². The van der Waals surface area contributed by atoms with Crippen LogP contribution in [0.15, 0.2) is 45.7 Å². The Balaban J connectivity index is 1.91. The maximum absolute atomic E-state index is 14.2. The Morgan fingerprint density at radius 3 is 2.76 bits per heavy atom. The Hall–Kier alpha value is -3.82. The zero-order chi connectivity index (χ0) is 23.5. The minimum absolute atomic E-state index is 0.104. The zero-order valence-corrected chi connectivity index (χ0v) is 18.6. The Morgan fingerprint density at radius 2 is 2.06 bits per heavy atom. The monoisotopic (exact) mass is 450 g/mol. The van der Waals surface area contributed by atoms with E-state index in [0.717, 1.165) is 12.8 Å². The third-order valence-corrected chi connectivity index (χ3v) is 5.68. The molecular formula is C23H27FN8O. The predicted octanol–water partition coefficient (Wildman–Crippen LogP) is 2.80. The zero-order valence-electron chi connectivity index (χ0n) is 18.6. The number of benzene rings is 1. The van der Waals surface area contributed by atoms with Crippen molar-refractivity contribution in [1.82, 2.24) is 10.4 Å². The summed E-state index contributed by atoms with van der Waals surface area (Å²) in [5.74, 6) is 6.44. The van der Waals surface area contributed by atoms with Crippen LogP contribution in [-0.2, 0) is 0 Å². The molecule has 1 unspecified atom stereocenters. The molecule has 172 valence electrons. The van der Waals surface area contributed by atoms with Crippen LogP contribution in [0, 0.1) is 17.1 Å². The lowest BCUT2D eigenvalue weighted by Crippen LogP contribution is -2.29. The number of halogens is 1. The first-order valence-corrected chi connectivity index (χ1v) is 10.8. The number of aromatic nitrogens is 1. The fraction of sp³-hybridized carbons (Fsp3) is 0.348. The third-order valence-electron chi connectivity index (χ3n) is 5.68. The number of hydrogen-bond donors (Lipinski definition) is 4. The number of hydrazone groups is 2. The molecule has 9 nitrogen and oxygen atoms in total. The van der Waals surface area contributed by atoms with Crippen molar-refractivity contribution in [2.45, 2.75) is 32.3 Å². The summed E-state index contributed by atoms with van der Waals surface area (Å²) < 4.78 is 20.3. The van der Waals surface area contributed by atoms with Crippen LogP contribution < -0.4 is 21.7 Å². The van der Waals surface area contributed by atoms with Crippen molar-refractivity contribution in [1.29, 1.82) is 5.41 Å². The summed E-state index contributed by atoms with van der Waals surface area (Å²) in [6.45, 7) is 2.41. The number of rotatable bonds is 3. The van der Waals surface area contributed by atoms with E-state index in [1.807, 2.05) is 0 Å². The van der Waals surface area contributed by atoms with Gasteiger partial charge < -0.3 is 21.7 Å². The van der Waals surface area contributed by atoms with Crippen molar-refractivity contribution in [2.75, 3.05) is 19.3 Å². The van der Waals surface area contributed by atoms with Gasteiger partial charge in [-0.25, -0.2) is 9.37 Å². The van der Waals surface area contributed by atoms with E-state index >= 15 is 0 Å². The Labute approximate surface area is 191 Å². The first kappa shape index (κ1) is 22.4. The normalized spacial score (nSPS) is 22.5. The topological polar surface area (TPSA) is 147 Å². The molecule has 1 aliphatic heterocycles. The summed E-state index contributed by atoms with van der Waals surface area (Å²) in [6.07, 6.45) is 3.42. The molecular weight excluding hydrogens is 423 g/mol. The Bertz CT molecular complexity index is 1170. The van der Waals surface area contributed by atoms with Crippen LogP contribution in [0.25, 0.3) is 0 Å². The van der Waals surface area contributed by atoms with E-state index in [1.54, 1.807) is 32.3 Å². The number of nitrogens with zero attached hydrogens (tertiary/aromatic N) is 4. The number of nitrogens with two attached hydrogens (primary N) is 2. The largest absolute Gasteiger partial charge is 0.482 e. The minimum Gasteiger partial charge on any atom is -0.482 e. The lowest BCUT2D eigenvalue weighted by Gasteiger charge is -2.22. The van der Waals surface area contributed by atoms with Crippen LogP contribution in [0.5, 0.6) is 5.75 Å². The number of hydrogen-bond acceptors (Lipinski definition) is 9. The lowest BCUT2D eigenvalue weighted by atomic mass is 9.92. The number of aliphatic imine (C=N–C) groups is 1. The summed E-state index contributed by atoms with van der Waals surface area (Å²) in [5.41, 5.74) is 11.9. The van der Waals surface area contributed by atoms with Gasteiger partial charge in [-0.2, -0.15) is 10.2 Å². The molecule has 2 aliphatic rings. The van der Waals surface area contributed by atoms with E-state index < -0.39 is 11.9 Å². The molecule has 2 aromatic rings. The average Bonchev–Trinajstić information content (AvgIpc) is 3.63. The van der Waals surface area contributed by atoms with Gasteiger partial charge >= 0.3 is 0 Å². The fourth-order valence-electron chi connectivity index (χ4n) is 3.72. The average molecular weight is 451 g/mol. The highest BCUT2D eigenvalue weighted by Gasteiger charge is 2.27. The van der Waals surface area contributed by atoms with Crippen LogP contribution in [0.1, 0.15) is 49.0 Å². The first-order valence-electron chi connectivity index (χ1n) is 10.8. The molecule has 0 radical (unpaired) electrons. The molecule has 1 fully saturated rings. The highest BCUT2D eigenvalue weighted by molar-refractivity contribution is 6.58. The number of pyridine rings is 1. The van der Waals surface area contributed by atoms with Gasteiger partial charge in [-0.05, 0) is 49.9 Å². The highest BCUT2D eigenvalue weighted by atomic mass is 19.1. The molecule has 4 rings (SSSR count). The molecule has 33 heavy (non-hydrogen) atoms. The molecule has 0 saturated heterocycles. The van der Waals surface area contributed by atoms with Crippen LogP contribution >= 0.6 is 0 Å². The third kappa shape index (κ3) is 4.84. The molecule has 6 N–H and O–H groups in total. The predicted molar refractivity (Wildman–Crippen MR) is 128 cm³/mol. The number of anilines is 1. The molecule has 0 spiro atoms. The van der Waals surface area contributed by atoms with E-state index in [4.69, 9.17) is 26.7 Å². The van der Waals surface area contributed by atoms with Crippen molar-refractivity contribution in [3.63, 3.8) is 0 Å². The number of ether oxygens (including phenoxy) is 1. The smallest absolute Gasteiger partial charge is 0.166 e. The fourth-order valence-corrected chi connectivity index (χ4v) is 3.72. The van der Waals surface area contributed by atoms with E-state index in [0.29, 0.717) is 52.0 Å². The van der Waals surface area contributed by atoms with Gasteiger partial charge in [-0.3, -0.25) is 10.4 Å². The summed E-state index contributed by atoms with van der Waals surface area (Å²) in [7, 11) is 1.64. The van der Waals surface area contributed by atoms with Crippen molar-refractivity contribution in [2.24, 2.45) is 27.0 Å².